The van der Waals surface area contributed by atoms with E-state index in [1.165, 1.54) is 6.42 Å². The maximum atomic E-state index is 12.8. The molecule has 3 heterocycles. The first-order valence-electron chi connectivity index (χ1n) is 11.2. The topological polar surface area (TPSA) is 71.0 Å². The molecule has 1 saturated heterocycles. The Morgan fingerprint density at radius 2 is 1.77 bits per heavy atom. The second-order valence-electron chi connectivity index (χ2n) is 8.47. The van der Waals surface area contributed by atoms with Gasteiger partial charge in [0.05, 0.1) is 5.69 Å². The number of piperidine rings is 1. The van der Waals surface area contributed by atoms with Crippen LogP contribution in [0, 0.1) is 5.92 Å². The zero-order valence-electron chi connectivity index (χ0n) is 17.6. The van der Waals surface area contributed by atoms with Crippen LogP contribution in [0.2, 0.25) is 0 Å². The van der Waals surface area contributed by atoms with Crippen molar-refractivity contribution in [3.8, 4) is 11.3 Å². The van der Waals surface area contributed by atoms with E-state index >= 15 is 0 Å². The van der Waals surface area contributed by atoms with Gasteiger partial charge in [-0.25, -0.2) is 9.97 Å². The van der Waals surface area contributed by atoms with Gasteiger partial charge in [-0.2, -0.15) is 0 Å². The van der Waals surface area contributed by atoms with Gasteiger partial charge in [-0.05, 0) is 49.9 Å². The molecule has 2 aromatic heterocycles. The molecule has 31 heavy (non-hydrogen) atoms. The van der Waals surface area contributed by atoms with Crippen LogP contribution in [0.1, 0.15) is 43.8 Å². The SMILES string of the molecule is O=C(C1CCC1)N1CCC[C@@H](c2nc(Nc3ccccc3)cc(-c3ccncc3)n2)C1. The first kappa shape index (κ1) is 19.7. The van der Waals surface area contributed by atoms with Gasteiger partial charge in [0.15, 0.2) is 0 Å². The monoisotopic (exact) mass is 413 g/mol. The van der Waals surface area contributed by atoms with Crippen molar-refractivity contribution >= 4 is 17.4 Å². The van der Waals surface area contributed by atoms with Crippen LogP contribution in [0.25, 0.3) is 11.3 Å². The molecular weight excluding hydrogens is 386 g/mol. The number of amides is 1. The molecule has 1 amide bonds. The number of nitrogens with one attached hydrogen (secondary N) is 1. The van der Waals surface area contributed by atoms with Gasteiger partial charge in [-0.1, -0.05) is 24.6 Å². The lowest BCUT2D eigenvalue weighted by Gasteiger charge is -2.36. The minimum atomic E-state index is 0.149. The van der Waals surface area contributed by atoms with Crippen LogP contribution in [-0.4, -0.2) is 38.8 Å². The Kier molecular flexibility index (Phi) is 5.61. The van der Waals surface area contributed by atoms with Crippen LogP contribution in [0.4, 0.5) is 11.5 Å². The molecule has 1 saturated carbocycles. The van der Waals surface area contributed by atoms with E-state index in [1.54, 1.807) is 12.4 Å². The highest BCUT2D eigenvalue weighted by molar-refractivity contribution is 5.79. The van der Waals surface area contributed by atoms with E-state index in [0.29, 0.717) is 12.5 Å². The van der Waals surface area contributed by atoms with Crippen molar-refractivity contribution in [3.63, 3.8) is 0 Å². The summed E-state index contributed by atoms with van der Waals surface area (Å²) in [4.78, 5) is 28.8. The second-order valence-corrected chi connectivity index (χ2v) is 8.47. The lowest BCUT2D eigenvalue weighted by molar-refractivity contribution is -0.139. The van der Waals surface area contributed by atoms with Crippen LogP contribution in [-0.2, 0) is 4.79 Å². The summed E-state index contributed by atoms with van der Waals surface area (Å²) in [5.74, 6) is 2.28. The molecule has 6 nitrogen and oxygen atoms in total. The molecule has 6 heteroatoms. The summed E-state index contributed by atoms with van der Waals surface area (Å²) in [6.45, 7) is 1.56. The number of rotatable bonds is 5. The third-order valence-corrected chi connectivity index (χ3v) is 6.32. The van der Waals surface area contributed by atoms with E-state index in [4.69, 9.17) is 9.97 Å². The standard InChI is InChI=1S/C25H27N5O/c31-25(19-6-4-7-19)30-15-5-8-20(17-30)24-28-22(18-11-13-26-14-12-18)16-23(29-24)27-21-9-2-1-3-10-21/h1-3,9-14,16,19-20H,4-8,15,17H2,(H,27,28,29)/t20-/m1/s1. The van der Waals surface area contributed by atoms with Crippen LogP contribution in [0.15, 0.2) is 60.9 Å². The number of aromatic nitrogens is 3. The molecule has 0 unspecified atom stereocenters. The molecular formula is C25H27N5O. The maximum Gasteiger partial charge on any atom is 0.225 e. The van der Waals surface area contributed by atoms with Gasteiger partial charge in [0, 0.05) is 54.6 Å². The number of benzene rings is 1. The van der Waals surface area contributed by atoms with Gasteiger partial charge in [0.25, 0.3) is 0 Å². The van der Waals surface area contributed by atoms with E-state index in [1.807, 2.05) is 53.4 Å². The van der Waals surface area contributed by atoms with E-state index in [9.17, 15) is 4.79 Å². The fourth-order valence-corrected chi connectivity index (χ4v) is 4.35. The van der Waals surface area contributed by atoms with Crippen molar-refractivity contribution in [1.29, 1.82) is 0 Å². The quantitative estimate of drug-likeness (QED) is 0.651. The lowest BCUT2D eigenvalue weighted by Crippen LogP contribution is -2.44. The zero-order chi connectivity index (χ0) is 21.0. The highest BCUT2D eigenvalue weighted by Crippen LogP contribution is 2.33. The predicted octanol–water partition coefficient (Wildman–Crippen LogP) is 4.79. The fraction of sp³-hybridized carbons (Fsp3) is 0.360. The van der Waals surface area contributed by atoms with Crippen molar-refractivity contribution in [3.05, 3.63) is 66.7 Å². The third kappa shape index (κ3) is 4.43. The molecule has 1 atom stereocenters. The van der Waals surface area contributed by atoms with Gasteiger partial charge in [-0.15, -0.1) is 0 Å². The zero-order valence-corrected chi connectivity index (χ0v) is 17.6. The third-order valence-electron chi connectivity index (χ3n) is 6.32. The van der Waals surface area contributed by atoms with Crippen molar-refractivity contribution < 1.29 is 4.79 Å². The van der Waals surface area contributed by atoms with Gasteiger partial charge >= 0.3 is 0 Å². The normalized spacial score (nSPS) is 19.0. The Labute approximate surface area is 182 Å². The molecule has 1 N–H and O–H groups in total. The first-order chi connectivity index (χ1) is 15.3. The highest BCUT2D eigenvalue weighted by atomic mass is 16.2. The summed E-state index contributed by atoms with van der Waals surface area (Å²) in [7, 11) is 0. The van der Waals surface area contributed by atoms with Crippen LogP contribution >= 0.6 is 0 Å². The van der Waals surface area contributed by atoms with Gasteiger partial charge < -0.3 is 10.2 Å². The number of carbonyl (C=O) groups is 1. The van der Waals surface area contributed by atoms with E-state index < -0.39 is 0 Å². The Balaban J connectivity index is 1.45. The Morgan fingerprint density at radius 3 is 2.52 bits per heavy atom. The van der Waals surface area contributed by atoms with Gasteiger partial charge in [0.1, 0.15) is 11.6 Å². The molecule has 0 bridgehead atoms. The van der Waals surface area contributed by atoms with Crippen LogP contribution in [0.5, 0.6) is 0 Å². The van der Waals surface area contributed by atoms with Crippen molar-refractivity contribution in [2.75, 3.05) is 18.4 Å². The molecule has 5 rings (SSSR count). The fourth-order valence-electron chi connectivity index (χ4n) is 4.35. The number of para-hydroxylation sites is 1. The molecule has 2 fully saturated rings. The molecule has 3 aromatic rings. The Morgan fingerprint density at radius 1 is 0.968 bits per heavy atom. The molecule has 0 spiro atoms. The average molecular weight is 414 g/mol. The molecule has 158 valence electrons. The van der Waals surface area contributed by atoms with E-state index in [-0.39, 0.29) is 11.8 Å². The molecule has 1 aromatic carbocycles. The summed E-state index contributed by atoms with van der Waals surface area (Å²) in [5, 5.41) is 3.42. The van der Waals surface area contributed by atoms with Gasteiger partial charge in [0.2, 0.25) is 5.91 Å². The second kappa shape index (κ2) is 8.84. The summed E-state index contributed by atoms with van der Waals surface area (Å²) < 4.78 is 0. The minimum absolute atomic E-state index is 0.149. The smallest absolute Gasteiger partial charge is 0.225 e. The number of likely N-dealkylation sites (tertiary alicyclic amines) is 1. The number of hydrogen-bond acceptors (Lipinski definition) is 5. The molecule has 2 aliphatic rings. The summed E-state index contributed by atoms with van der Waals surface area (Å²) in [5.41, 5.74) is 2.86. The number of hydrogen-bond donors (Lipinski definition) is 1. The van der Waals surface area contributed by atoms with E-state index in [2.05, 4.69) is 10.3 Å². The first-order valence-corrected chi connectivity index (χ1v) is 11.2. The van der Waals surface area contributed by atoms with Crippen molar-refractivity contribution in [2.24, 2.45) is 5.92 Å². The average Bonchev–Trinajstić information content (AvgIpc) is 2.79. The Hall–Kier alpha value is -3.28. The molecule has 1 aliphatic heterocycles. The Bertz CT molecular complexity index is 1040. The van der Waals surface area contributed by atoms with E-state index in [0.717, 1.165) is 60.8 Å². The number of carbonyl (C=O) groups excluding carboxylic acids is 1. The maximum absolute atomic E-state index is 12.8. The van der Waals surface area contributed by atoms with Crippen molar-refractivity contribution in [1.82, 2.24) is 19.9 Å². The summed E-state index contributed by atoms with van der Waals surface area (Å²) in [6.07, 6.45) is 8.81. The largest absolute Gasteiger partial charge is 0.342 e. The number of pyridine rings is 1. The van der Waals surface area contributed by atoms with Gasteiger partial charge in [-0.3, -0.25) is 9.78 Å². The minimum Gasteiger partial charge on any atom is -0.342 e. The van der Waals surface area contributed by atoms with Crippen LogP contribution in [0.3, 0.4) is 0 Å². The highest BCUT2D eigenvalue weighted by Gasteiger charge is 2.33. The lowest BCUT2D eigenvalue weighted by atomic mass is 9.83. The molecule has 1 aliphatic carbocycles. The predicted molar refractivity (Wildman–Crippen MR) is 121 cm³/mol. The van der Waals surface area contributed by atoms with Crippen molar-refractivity contribution in [2.45, 2.75) is 38.0 Å². The van der Waals surface area contributed by atoms with Crippen LogP contribution < -0.4 is 5.32 Å². The number of nitrogens with zero attached hydrogens (tertiary/aromatic N) is 4. The number of anilines is 2. The molecule has 0 radical (unpaired) electrons. The summed E-state index contributed by atoms with van der Waals surface area (Å²) in [6, 6.07) is 15.9. The summed E-state index contributed by atoms with van der Waals surface area (Å²) >= 11 is 0.